The van der Waals surface area contributed by atoms with Gasteiger partial charge in [0, 0.05) is 24.7 Å². The van der Waals surface area contributed by atoms with Gasteiger partial charge in [-0.3, -0.25) is 0 Å². The van der Waals surface area contributed by atoms with Crippen molar-refractivity contribution >= 4 is 0 Å². The van der Waals surface area contributed by atoms with Crippen LogP contribution in [0, 0.1) is 5.92 Å². The van der Waals surface area contributed by atoms with Crippen molar-refractivity contribution in [1.82, 2.24) is 4.90 Å². The maximum absolute atomic E-state index is 13.4. The smallest absolute Gasteiger partial charge is 0.394 e. The summed E-state index contributed by atoms with van der Waals surface area (Å²) in [5, 5.41) is 10.0. The average molecular weight is 357 g/mol. The molecule has 1 aromatic rings. The van der Waals surface area contributed by atoms with Crippen molar-refractivity contribution in [3.05, 3.63) is 35.5 Å². The largest absolute Gasteiger partial charge is 0.493 e. The highest BCUT2D eigenvalue weighted by Crippen LogP contribution is 2.54. The number of aliphatic hydroxyl groups excluding tert-OH is 1. The molecule has 4 nitrogen and oxygen atoms in total. The van der Waals surface area contributed by atoms with Crippen LogP contribution in [0.3, 0.4) is 0 Å². The van der Waals surface area contributed by atoms with Crippen molar-refractivity contribution in [2.75, 3.05) is 27.8 Å². The molecular formula is C18H22F3NO3. The Morgan fingerprint density at radius 2 is 1.88 bits per heavy atom. The molecule has 0 amide bonds. The highest BCUT2D eigenvalue weighted by atomic mass is 19.4. The van der Waals surface area contributed by atoms with Crippen LogP contribution in [0.4, 0.5) is 13.2 Å². The average Bonchev–Trinajstić information content (AvgIpc) is 2.90. The first kappa shape index (κ1) is 17.9. The minimum atomic E-state index is -4.45. The molecular weight excluding hydrogens is 335 g/mol. The van der Waals surface area contributed by atoms with E-state index in [1.54, 1.807) is 18.2 Å². The predicted molar refractivity (Wildman–Crippen MR) is 86.7 cm³/mol. The molecule has 0 radical (unpaired) electrons. The molecule has 0 unspecified atom stereocenters. The number of aliphatic hydroxyl groups is 1. The van der Waals surface area contributed by atoms with Gasteiger partial charge in [0.15, 0.2) is 11.5 Å². The quantitative estimate of drug-likeness (QED) is 0.903. The lowest BCUT2D eigenvalue weighted by Gasteiger charge is -2.41. The number of fused-ring (bicyclic) bond motifs is 1. The fourth-order valence-corrected chi connectivity index (χ4v) is 4.09. The number of likely N-dealkylation sites (tertiary alicyclic amines) is 1. The van der Waals surface area contributed by atoms with E-state index in [9.17, 15) is 18.3 Å². The first-order chi connectivity index (χ1) is 11.7. The van der Waals surface area contributed by atoms with E-state index < -0.39 is 23.6 Å². The fraction of sp³-hybridized carbons (Fsp3) is 0.556. The van der Waals surface area contributed by atoms with E-state index in [1.165, 1.54) is 20.3 Å². The molecule has 0 spiro atoms. The maximum atomic E-state index is 13.4. The number of likely N-dealkylation sites (N-methyl/N-ethyl adjacent to an activating group) is 1. The lowest BCUT2D eigenvalue weighted by Crippen LogP contribution is -2.45. The molecule has 1 aromatic carbocycles. The molecule has 0 bridgehead atoms. The van der Waals surface area contributed by atoms with Crippen LogP contribution in [0.1, 0.15) is 18.4 Å². The van der Waals surface area contributed by atoms with Gasteiger partial charge in [0.2, 0.25) is 0 Å². The minimum absolute atomic E-state index is 0.177. The van der Waals surface area contributed by atoms with Crippen LogP contribution in [0.2, 0.25) is 0 Å². The Kier molecular flexibility index (Phi) is 4.39. The summed E-state index contributed by atoms with van der Waals surface area (Å²) in [6.45, 7) is 0.636. The maximum Gasteiger partial charge on any atom is 0.394 e. The van der Waals surface area contributed by atoms with Crippen LogP contribution in [-0.4, -0.2) is 50.1 Å². The van der Waals surface area contributed by atoms with E-state index in [-0.39, 0.29) is 6.42 Å². The number of rotatable bonds is 3. The van der Waals surface area contributed by atoms with Crippen LogP contribution in [-0.2, 0) is 5.41 Å². The molecule has 1 aliphatic heterocycles. The molecule has 1 heterocycles. The summed E-state index contributed by atoms with van der Waals surface area (Å²) in [7, 11) is 4.86. The van der Waals surface area contributed by atoms with Crippen LogP contribution >= 0.6 is 0 Å². The number of benzene rings is 1. The van der Waals surface area contributed by atoms with Gasteiger partial charge in [-0.1, -0.05) is 6.07 Å². The number of hydrogen-bond donors (Lipinski definition) is 1. The molecule has 0 aromatic heterocycles. The van der Waals surface area contributed by atoms with Gasteiger partial charge < -0.3 is 19.5 Å². The lowest BCUT2D eigenvalue weighted by atomic mass is 9.66. The molecule has 3 atom stereocenters. The van der Waals surface area contributed by atoms with E-state index in [0.29, 0.717) is 24.5 Å². The third-order valence-electron chi connectivity index (χ3n) is 5.44. The summed E-state index contributed by atoms with van der Waals surface area (Å²) < 4.78 is 50.9. The first-order valence-corrected chi connectivity index (χ1v) is 8.13. The molecule has 0 saturated carbocycles. The standard InChI is InChI=1S/C18H22F3NO3/c1-22-7-6-17(11-4-5-14(24-2)15(8-11)25-3)10-12(18(19,20)21)13(23)9-16(17)22/h4-5,8-9,12-13,23H,6-7,10H2,1-3H3/t12-,13+,17+/m0/s1. The van der Waals surface area contributed by atoms with Gasteiger partial charge in [0.05, 0.1) is 26.2 Å². The summed E-state index contributed by atoms with van der Waals surface area (Å²) in [6.07, 6.45) is -4.23. The van der Waals surface area contributed by atoms with Crippen LogP contribution < -0.4 is 9.47 Å². The van der Waals surface area contributed by atoms with Crippen molar-refractivity contribution in [1.29, 1.82) is 0 Å². The molecule has 7 heteroatoms. The predicted octanol–water partition coefficient (Wildman–Crippen LogP) is 3.10. The number of hydrogen-bond acceptors (Lipinski definition) is 4. The van der Waals surface area contributed by atoms with Gasteiger partial charge in [0.25, 0.3) is 0 Å². The second-order valence-corrected chi connectivity index (χ2v) is 6.72. The van der Waals surface area contributed by atoms with Crippen LogP contribution in [0.5, 0.6) is 11.5 Å². The van der Waals surface area contributed by atoms with E-state index in [1.807, 2.05) is 11.9 Å². The number of methoxy groups -OCH3 is 2. The van der Waals surface area contributed by atoms with Gasteiger partial charge in [-0.2, -0.15) is 13.2 Å². The molecule has 2 aliphatic rings. The van der Waals surface area contributed by atoms with Crippen molar-refractivity contribution < 1.29 is 27.8 Å². The van der Waals surface area contributed by atoms with Crippen molar-refractivity contribution in [2.45, 2.75) is 30.5 Å². The van der Waals surface area contributed by atoms with Crippen molar-refractivity contribution in [2.24, 2.45) is 5.92 Å². The Morgan fingerprint density at radius 3 is 2.48 bits per heavy atom. The number of allylic oxidation sites excluding steroid dienone is 1. The third kappa shape index (κ3) is 2.84. The second kappa shape index (κ2) is 6.12. The van der Waals surface area contributed by atoms with Crippen molar-refractivity contribution in [3.8, 4) is 11.5 Å². The summed E-state index contributed by atoms with van der Waals surface area (Å²) in [5.74, 6) is -0.767. The molecule has 1 fully saturated rings. The SMILES string of the molecule is COc1ccc([C@]23CCN(C)C2=C[C@@H](O)[C@@H](C(F)(F)F)C3)cc1OC. The summed E-state index contributed by atoms with van der Waals surface area (Å²) >= 11 is 0. The highest BCUT2D eigenvalue weighted by molar-refractivity contribution is 5.50. The van der Waals surface area contributed by atoms with Crippen molar-refractivity contribution in [3.63, 3.8) is 0 Å². The number of alkyl halides is 3. The normalized spacial score (nSPS) is 29.2. The summed E-state index contributed by atoms with van der Waals surface area (Å²) in [6, 6.07) is 5.25. The molecule has 1 N–H and O–H groups in total. The first-order valence-electron chi connectivity index (χ1n) is 8.13. The topological polar surface area (TPSA) is 41.9 Å². The second-order valence-electron chi connectivity index (χ2n) is 6.72. The Balaban J connectivity index is 2.12. The number of ether oxygens (including phenoxy) is 2. The molecule has 3 rings (SSSR count). The zero-order valence-electron chi connectivity index (χ0n) is 14.4. The van der Waals surface area contributed by atoms with E-state index >= 15 is 0 Å². The van der Waals surface area contributed by atoms with E-state index in [4.69, 9.17) is 9.47 Å². The number of nitrogens with zero attached hydrogens (tertiary/aromatic N) is 1. The Bertz CT molecular complexity index is 689. The zero-order valence-corrected chi connectivity index (χ0v) is 14.4. The Morgan fingerprint density at radius 1 is 1.20 bits per heavy atom. The van der Waals surface area contributed by atoms with Crippen LogP contribution in [0.25, 0.3) is 0 Å². The Labute approximate surface area is 144 Å². The summed E-state index contributed by atoms with van der Waals surface area (Å²) in [5.41, 5.74) is 0.711. The monoisotopic (exact) mass is 357 g/mol. The van der Waals surface area contributed by atoms with Gasteiger partial charge in [-0.25, -0.2) is 0 Å². The third-order valence-corrected chi connectivity index (χ3v) is 5.44. The molecule has 1 saturated heterocycles. The van der Waals surface area contributed by atoms with Gasteiger partial charge in [-0.15, -0.1) is 0 Å². The molecule has 138 valence electrons. The lowest BCUT2D eigenvalue weighted by molar-refractivity contribution is -0.201. The molecule has 25 heavy (non-hydrogen) atoms. The Hall–Kier alpha value is -1.89. The summed E-state index contributed by atoms with van der Waals surface area (Å²) in [4.78, 5) is 1.92. The van der Waals surface area contributed by atoms with Gasteiger partial charge in [0.1, 0.15) is 0 Å². The van der Waals surface area contributed by atoms with E-state index in [2.05, 4.69) is 0 Å². The highest BCUT2D eigenvalue weighted by Gasteiger charge is 2.55. The van der Waals surface area contributed by atoms with Crippen LogP contribution in [0.15, 0.2) is 30.0 Å². The van der Waals surface area contributed by atoms with Gasteiger partial charge in [-0.05, 0) is 36.6 Å². The number of halogens is 3. The fourth-order valence-electron chi connectivity index (χ4n) is 4.09. The minimum Gasteiger partial charge on any atom is -0.493 e. The van der Waals surface area contributed by atoms with Gasteiger partial charge >= 0.3 is 6.18 Å². The zero-order chi connectivity index (χ0) is 18.4. The van der Waals surface area contributed by atoms with E-state index in [0.717, 1.165) is 11.3 Å². The molecule has 1 aliphatic carbocycles.